The smallest absolute Gasteiger partial charge is 0.363 e. The molecule has 1 saturated heterocycles. The highest BCUT2D eigenvalue weighted by atomic mass is 35.5. The lowest BCUT2D eigenvalue weighted by atomic mass is 9.87. The van der Waals surface area contributed by atoms with Crippen LogP contribution in [0.2, 0.25) is 5.02 Å². The second kappa shape index (κ2) is 10.1. The van der Waals surface area contributed by atoms with Crippen LogP contribution in [-0.4, -0.2) is 21.5 Å². The molecule has 10 heteroatoms. The second-order valence-electron chi connectivity index (χ2n) is 8.64. The van der Waals surface area contributed by atoms with Gasteiger partial charge in [0.2, 0.25) is 0 Å². The Bertz CT molecular complexity index is 1390. The van der Waals surface area contributed by atoms with Crippen molar-refractivity contribution in [2.24, 2.45) is 5.92 Å². The molecule has 4 rings (SSSR count). The third-order valence-electron chi connectivity index (χ3n) is 6.38. The summed E-state index contributed by atoms with van der Waals surface area (Å²) in [5, 5.41) is 15.4. The Morgan fingerprint density at radius 1 is 1.03 bits per heavy atom. The summed E-state index contributed by atoms with van der Waals surface area (Å²) in [5.74, 6) is -1.21. The fraction of sp³-hybridized carbons (Fsp3) is 0.269. The SMILES string of the molecule is N#Cc1ccc(NC(c2ccccc2C(F)(F)F)([C@H]2CCNC2)S(=O)(=O)Cc2ccccc2)cc1Cl. The largest absolute Gasteiger partial charge is 0.416 e. The Morgan fingerprint density at radius 2 is 1.69 bits per heavy atom. The molecule has 0 radical (unpaired) electrons. The highest BCUT2D eigenvalue weighted by Crippen LogP contribution is 2.48. The van der Waals surface area contributed by atoms with Crippen LogP contribution < -0.4 is 10.6 Å². The number of nitriles is 1. The van der Waals surface area contributed by atoms with E-state index in [0.717, 1.165) is 6.07 Å². The third kappa shape index (κ3) is 4.94. The van der Waals surface area contributed by atoms with Crippen LogP contribution in [-0.2, 0) is 26.6 Å². The molecule has 1 aliphatic rings. The monoisotopic (exact) mass is 533 g/mol. The van der Waals surface area contributed by atoms with Crippen LogP contribution in [0.3, 0.4) is 0 Å². The van der Waals surface area contributed by atoms with Crippen molar-refractivity contribution in [3.8, 4) is 6.07 Å². The van der Waals surface area contributed by atoms with Crippen molar-refractivity contribution in [2.75, 3.05) is 18.4 Å². The van der Waals surface area contributed by atoms with Crippen LogP contribution >= 0.6 is 11.6 Å². The van der Waals surface area contributed by atoms with Gasteiger partial charge in [0.25, 0.3) is 0 Å². The van der Waals surface area contributed by atoms with Crippen molar-refractivity contribution in [1.29, 1.82) is 5.26 Å². The molecule has 1 unspecified atom stereocenters. The van der Waals surface area contributed by atoms with Crippen molar-refractivity contribution in [3.05, 3.63) is 100 Å². The van der Waals surface area contributed by atoms with Crippen molar-refractivity contribution in [1.82, 2.24) is 5.32 Å². The van der Waals surface area contributed by atoms with Gasteiger partial charge in [0, 0.05) is 23.7 Å². The van der Waals surface area contributed by atoms with Gasteiger partial charge in [-0.2, -0.15) is 18.4 Å². The molecule has 188 valence electrons. The molecule has 0 aromatic heterocycles. The summed E-state index contributed by atoms with van der Waals surface area (Å²) >= 11 is 6.21. The number of hydrogen-bond donors (Lipinski definition) is 2. The molecule has 0 bridgehead atoms. The minimum Gasteiger partial charge on any atom is -0.363 e. The van der Waals surface area contributed by atoms with Gasteiger partial charge in [0.1, 0.15) is 6.07 Å². The zero-order valence-electron chi connectivity index (χ0n) is 19.0. The van der Waals surface area contributed by atoms with E-state index in [1.54, 1.807) is 30.3 Å². The van der Waals surface area contributed by atoms with Gasteiger partial charge < -0.3 is 10.6 Å². The molecule has 1 aliphatic heterocycles. The Kier molecular flexibility index (Phi) is 7.32. The molecule has 0 saturated carbocycles. The Hall–Kier alpha value is -3.06. The van der Waals surface area contributed by atoms with E-state index < -0.39 is 38.1 Å². The van der Waals surface area contributed by atoms with Crippen LogP contribution in [0.1, 0.15) is 28.7 Å². The van der Waals surface area contributed by atoms with Gasteiger partial charge in [0.15, 0.2) is 14.7 Å². The van der Waals surface area contributed by atoms with E-state index in [4.69, 9.17) is 11.6 Å². The topological polar surface area (TPSA) is 82.0 Å². The molecule has 0 amide bonds. The van der Waals surface area contributed by atoms with Crippen LogP contribution in [0, 0.1) is 17.2 Å². The predicted octanol–water partition coefficient (Wildman–Crippen LogP) is 5.72. The lowest BCUT2D eigenvalue weighted by molar-refractivity contribution is -0.138. The first kappa shape index (κ1) is 26.0. The van der Waals surface area contributed by atoms with Crippen molar-refractivity contribution in [2.45, 2.75) is 23.2 Å². The highest BCUT2D eigenvalue weighted by molar-refractivity contribution is 7.91. The van der Waals surface area contributed by atoms with Gasteiger partial charge in [-0.15, -0.1) is 0 Å². The van der Waals surface area contributed by atoms with Crippen LogP contribution in [0.15, 0.2) is 72.8 Å². The minimum atomic E-state index is -4.79. The van der Waals surface area contributed by atoms with Gasteiger partial charge in [-0.3, -0.25) is 0 Å². The Morgan fingerprint density at radius 3 is 2.28 bits per heavy atom. The molecule has 0 aliphatic carbocycles. The molecule has 5 nitrogen and oxygen atoms in total. The van der Waals surface area contributed by atoms with Gasteiger partial charge in [-0.1, -0.05) is 60.1 Å². The zero-order valence-corrected chi connectivity index (χ0v) is 20.6. The summed E-state index contributed by atoms with van der Waals surface area (Å²) < 4.78 is 71.6. The Balaban J connectivity index is 2.01. The number of hydrogen-bond acceptors (Lipinski definition) is 5. The normalized spacial score (nSPS) is 17.8. The lowest BCUT2D eigenvalue weighted by Gasteiger charge is -2.41. The van der Waals surface area contributed by atoms with E-state index in [-0.39, 0.29) is 28.4 Å². The summed E-state index contributed by atoms with van der Waals surface area (Å²) in [4.78, 5) is -2.14. The first-order valence-corrected chi connectivity index (χ1v) is 13.2. The molecule has 3 aromatic carbocycles. The van der Waals surface area contributed by atoms with E-state index in [1.165, 1.54) is 36.4 Å². The maximum atomic E-state index is 14.4. The average Bonchev–Trinajstić information content (AvgIpc) is 3.37. The summed E-state index contributed by atoms with van der Waals surface area (Å²) in [7, 11) is -4.34. The fourth-order valence-electron chi connectivity index (χ4n) is 4.75. The van der Waals surface area contributed by atoms with Crippen molar-refractivity contribution >= 4 is 27.1 Å². The van der Waals surface area contributed by atoms with Crippen molar-refractivity contribution in [3.63, 3.8) is 0 Å². The van der Waals surface area contributed by atoms with E-state index >= 15 is 0 Å². The number of rotatable bonds is 7. The predicted molar refractivity (Wildman–Crippen MR) is 133 cm³/mol. The number of halogens is 4. The summed E-state index contributed by atoms with van der Waals surface area (Å²) in [6, 6.07) is 19.3. The van der Waals surface area contributed by atoms with Crippen LogP contribution in [0.5, 0.6) is 0 Å². The number of alkyl halides is 3. The molecular weight excluding hydrogens is 511 g/mol. The molecule has 3 aromatic rings. The van der Waals surface area contributed by atoms with E-state index in [9.17, 15) is 26.9 Å². The fourth-order valence-corrected chi connectivity index (χ4v) is 7.33. The maximum absolute atomic E-state index is 14.4. The average molecular weight is 534 g/mol. The minimum absolute atomic E-state index is 0.0607. The summed E-state index contributed by atoms with van der Waals surface area (Å²) in [6.45, 7) is 0.647. The number of anilines is 1. The second-order valence-corrected chi connectivity index (χ2v) is 11.2. The van der Waals surface area contributed by atoms with Gasteiger partial charge in [0.05, 0.1) is 21.9 Å². The van der Waals surface area contributed by atoms with Gasteiger partial charge >= 0.3 is 6.18 Å². The van der Waals surface area contributed by atoms with Crippen LogP contribution in [0.25, 0.3) is 0 Å². The standard InChI is InChI=1S/C26H23ClF3N3O2S/c27-24-14-21(11-10-19(24)15-31)33-25(20-12-13-32-16-20,22-8-4-5-9-23(22)26(28,29)30)36(34,35)17-18-6-2-1-3-7-18/h1-11,14,20,32-33H,12-13,16-17H2/t20-,25?/m0/s1. The molecule has 1 fully saturated rings. The lowest BCUT2D eigenvalue weighted by Crippen LogP contribution is -2.52. The molecular formula is C26H23ClF3N3O2S. The Labute approximate surface area is 212 Å². The molecule has 0 spiro atoms. The number of sulfone groups is 1. The van der Waals surface area contributed by atoms with E-state index in [1.807, 2.05) is 6.07 Å². The molecule has 36 heavy (non-hydrogen) atoms. The molecule has 1 heterocycles. The number of nitrogens with zero attached hydrogens (tertiary/aromatic N) is 1. The van der Waals surface area contributed by atoms with Gasteiger partial charge in [-0.25, -0.2) is 8.42 Å². The molecule has 2 N–H and O–H groups in total. The zero-order chi connectivity index (χ0) is 26.0. The maximum Gasteiger partial charge on any atom is 0.416 e. The molecule has 2 atom stereocenters. The first-order chi connectivity index (χ1) is 17.1. The van der Waals surface area contributed by atoms with Gasteiger partial charge in [-0.05, 0) is 42.8 Å². The van der Waals surface area contributed by atoms with E-state index in [0.29, 0.717) is 18.5 Å². The first-order valence-electron chi connectivity index (χ1n) is 11.2. The van der Waals surface area contributed by atoms with Crippen molar-refractivity contribution < 1.29 is 21.6 Å². The summed E-state index contributed by atoms with van der Waals surface area (Å²) in [6.07, 6.45) is -4.46. The number of nitrogens with one attached hydrogen (secondary N) is 2. The summed E-state index contributed by atoms with van der Waals surface area (Å²) in [5.41, 5.74) is -0.585. The van der Waals surface area contributed by atoms with Crippen LogP contribution in [0.4, 0.5) is 18.9 Å². The third-order valence-corrected chi connectivity index (χ3v) is 9.04. The quantitative estimate of drug-likeness (QED) is 0.406. The number of benzene rings is 3. The highest BCUT2D eigenvalue weighted by Gasteiger charge is 2.55. The van der Waals surface area contributed by atoms with E-state index in [2.05, 4.69) is 10.6 Å².